The number of hydrogen-bond acceptors (Lipinski definition) is 3. The smallest absolute Gasteiger partial charge is 0.258 e. The van der Waals surface area contributed by atoms with E-state index in [0.717, 1.165) is 11.1 Å². The normalized spacial score (nSPS) is 11.6. The quantitative estimate of drug-likeness (QED) is 0.921. The van der Waals surface area contributed by atoms with E-state index < -0.39 is 12.0 Å². The van der Waals surface area contributed by atoms with Gasteiger partial charge in [-0.2, -0.15) is 0 Å². The van der Waals surface area contributed by atoms with Gasteiger partial charge in [0.05, 0.1) is 0 Å². The van der Waals surface area contributed by atoms with Crippen molar-refractivity contribution in [2.75, 3.05) is 14.1 Å². The van der Waals surface area contributed by atoms with Crippen molar-refractivity contribution < 1.29 is 14.3 Å². The Bertz CT molecular complexity index is 708. The topological polar surface area (TPSA) is 72.6 Å². The largest absolute Gasteiger partial charge is 0.481 e. The maximum Gasteiger partial charge on any atom is 0.258 e. The molecule has 0 aliphatic carbocycles. The number of ether oxygens (including phenoxy) is 1. The van der Waals surface area contributed by atoms with Gasteiger partial charge in [-0.3, -0.25) is 9.59 Å². The molecular formula is C18H20N2O3. The first kappa shape index (κ1) is 16.5. The number of carbonyl (C=O) groups excluding carboxylic acids is 2. The van der Waals surface area contributed by atoms with E-state index in [9.17, 15) is 9.59 Å². The van der Waals surface area contributed by atoms with Crippen molar-refractivity contribution in [2.45, 2.75) is 13.0 Å². The highest BCUT2D eigenvalue weighted by atomic mass is 16.5. The van der Waals surface area contributed by atoms with Crippen LogP contribution in [0.2, 0.25) is 0 Å². The molecule has 0 spiro atoms. The second-order valence-electron chi connectivity index (χ2n) is 5.47. The lowest BCUT2D eigenvalue weighted by atomic mass is 10.0. The van der Waals surface area contributed by atoms with Gasteiger partial charge in [0, 0.05) is 19.7 Å². The molecule has 0 fully saturated rings. The average Bonchev–Trinajstić information content (AvgIpc) is 2.54. The first-order valence-corrected chi connectivity index (χ1v) is 7.26. The number of hydrogen-bond donors (Lipinski definition) is 1. The third kappa shape index (κ3) is 4.10. The minimum Gasteiger partial charge on any atom is -0.481 e. The molecule has 0 aliphatic heterocycles. The second kappa shape index (κ2) is 6.96. The molecule has 0 radical (unpaired) electrons. The number of benzene rings is 2. The Morgan fingerprint density at radius 2 is 1.70 bits per heavy atom. The summed E-state index contributed by atoms with van der Waals surface area (Å²) in [6.45, 7) is 1.61. The molecular weight excluding hydrogens is 292 g/mol. The standard InChI is InChI=1S/C18H20N2O3/c1-12(17(19)21)23-16-6-4-5-15(11-16)13-7-9-14(10-8-13)18(22)20(2)3/h4-12H,1-3H3,(H2,19,21)/t12-/m1/s1. The van der Waals surface area contributed by atoms with E-state index in [1.165, 1.54) is 4.90 Å². The third-order valence-corrected chi connectivity index (χ3v) is 3.42. The van der Waals surface area contributed by atoms with Crippen molar-refractivity contribution >= 4 is 11.8 Å². The first-order valence-electron chi connectivity index (χ1n) is 7.26. The molecule has 0 bridgehead atoms. The molecule has 2 amide bonds. The Kier molecular flexibility index (Phi) is 5.01. The summed E-state index contributed by atoms with van der Waals surface area (Å²) in [5.41, 5.74) is 7.72. The molecule has 5 heteroatoms. The fraction of sp³-hybridized carbons (Fsp3) is 0.222. The molecule has 1 atom stereocenters. The van der Waals surface area contributed by atoms with Crippen LogP contribution in [-0.4, -0.2) is 36.9 Å². The Balaban J connectivity index is 2.22. The number of primary amides is 1. The van der Waals surface area contributed by atoms with Gasteiger partial charge in [-0.1, -0.05) is 24.3 Å². The van der Waals surface area contributed by atoms with Crippen LogP contribution in [0.3, 0.4) is 0 Å². The molecule has 0 unspecified atom stereocenters. The number of amides is 2. The summed E-state index contributed by atoms with van der Waals surface area (Å²) in [5, 5.41) is 0. The van der Waals surface area contributed by atoms with Crippen LogP contribution in [0.5, 0.6) is 5.75 Å². The molecule has 2 aromatic carbocycles. The van der Waals surface area contributed by atoms with Crippen molar-refractivity contribution in [3.05, 3.63) is 54.1 Å². The van der Waals surface area contributed by atoms with E-state index in [4.69, 9.17) is 10.5 Å². The van der Waals surface area contributed by atoms with E-state index in [1.807, 2.05) is 30.3 Å². The molecule has 0 heterocycles. The summed E-state index contributed by atoms with van der Waals surface area (Å²) in [4.78, 5) is 24.5. The highest BCUT2D eigenvalue weighted by Crippen LogP contribution is 2.25. The Labute approximate surface area is 135 Å². The molecule has 0 aromatic heterocycles. The van der Waals surface area contributed by atoms with Gasteiger partial charge in [0.15, 0.2) is 6.10 Å². The summed E-state index contributed by atoms with van der Waals surface area (Å²) >= 11 is 0. The maximum absolute atomic E-state index is 11.9. The SMILES string of the molecule is C[C@@H](Oc1cccc(-c2ccc(C(=O)N(C)C)cc2)c1)C(N)=O. The van der Waals surface area contributed by atoms with Gasteiger partial charge in [-0.05, 0) is 42.3 Å². The predicted molar refractivity (Wildman–Crippen MR) is 89.2 cm³/mol. The summed E-state index contributed by atoms with van der Waals surface area (Å²) in [7, 11) is 3.44. The van der Waals surface area contributed by atoms with Crippen LogP contribution in [0.4, 0.5) is 0 Å². The van der Waals surface area contributed by atoms with Crippen molar-refractivity contribution in [2.24, 2.45) is 5.73 Å². The van der Waals surface area contributed by atoms with Crippen LogP contribution in [-0.2, 0) is 4.79 Å². The van der Waals surface area contributed by atoms with Crippen LogP contribution >= 0.6 is 0 Å². The average molecular weight is 312 g/mol. The fourth-order valence-corrected chi connectivity index (χ4v) is 2.07. The Hall–Kier alpha value is -2.82. The molecule has 2 N–H and O–H groups in total. The zero-order valence-electron chi connectivity index (χ0n) is 13.4. The zero-order chi connectivity index (χ0) is 17.0. The zero-order valence-corrected chi connectivity index (χ0v) is 13.4. The molecule has 2 aromatic rings. The summed E-state index contributed by atoms with van der Waals surface area (Å²) < 4.78 is 5.50. The minimum absolute atomic E-state index is 0.0380. The van der Waals surface area contributed by atoms with E-state index in [-0.39, 0.29) is 5.91 Å². The van der Waals surface area contributed by atoms with Crippen LogP contribution in [0.25, 0.3) is 11.1 Å². The lowest BCUT2D eigenvalue weighted by Crippen LogP contribution is -2.30. The van der Waals surface area contributed by atoms with Gasteiger partial charge in [0.1, 0.15) is 5.75 Å². The Morgan fingerprint density at radius 3 is 2.26 bits per heavy atom. The fourth-order valence-electron chi connectivity index (χ4n) is 2.07. The predicted octanol–water partition coefficient (Wildman–Crippen LogP) is 2.31. The molecule has 5 nitrogen and oxygen atoms in total. The van der Waals surface area contributed by atoms with Gasteiger partial charge in [-0.25, -0.2) is 0 Å². The van der Waals surface area contributed by atoms with Crippen molar-refractivity contribution in [3.8, 4) is 16.9 Å². The van der Waals surface area contributed by atoms with E-state index in [0.29, 0.717) is 11.3 Å². The summed E-state index contributed by atoms with van der Waals surface area (Å²) in [5.74, 6) is 0.0214. The van der Waals surface area contributed by atoms with Gasteiger partial charge in [0.2, 0.25) is 0 Å². The van der Waals surface area contributed by atoms with E-state index in [2.05, 4.69) is 0 Å². The van der Waals surface area contributed by atoms with Gasteiger partial charge in [0.25, 0.3) is 11.8 Å². The Morgan fingerprint density at radius 1 is 1.04 bits per heavy atom. The lowest BCUT2D eigenvalue weighted by molar-refractivity contribution is -0.123. The number of rotatable bonds is 5. The van der Waals surface area contributed by atoms with Crippen molar-refractivity contribution in [3.63, 3.8) is 0 Å². The highest BCUT2D eigenvalue weighted by molar-refractivity contribution is 5.94. The first-order chi connectivity index (χ1) is 10.9. The molecule has 120 valence electrons. The summed E-state index contributed by atoms with van der Waals surface area (Å²) in [6.07, 6.45) is -0.690. The number of carbonyl (C=O) groups is 2. The molecule has 23 heavy (non-hydrogen) atoms. The summed E-state index contributed by atoms with van der Waals surface area (Å²) in [6, 6.07) is 14.7. The van der Waals surface area contributed by atoms with Gasteiger partial charge in [-0.15, -0.1) is 0 Å². The van der Waals surface area contributed by atoms with Crippen molar-refractivity contribution in [1.29, 1.82) is 0 Å². The van der Waals surface area contributed by atoms with E-state index in [1.54, 1.807) is 39.2 Å². The maximum atomic E-state index is 11.9. The molecule has 0 aliphatic rings. The third-order valence-electron chi connectivity index (χ3n) is 3.42. The number of nitrogens with zero attached hydrogens (tertiary/aromatic N) is 1. The van der Waals surface area contributed by atoms with Crippen molar-refractivity contribution in [1.82, 2.24) is 4.90 Å². The van der Waals surface area contributed by atoms with E-state index >= 15 is 0 Å². The molecule has 0 saturated carbocycles. The molecule has 2 rings (SSSR count). The van der Waals surface area contributed by atoms with Crippen LogP contribution in [0.1, 0.15) is 17.3 Å². The monoisotopic (exact) mass is 312 g/mol. The second-order valence-corrected chi connectivity index (χ2v) is 5.47. The van der Waals surface area contributed by atoms with Crippen LogP contribution < -0.4 is 10.5 Å². The van der Waals surface area contributed by atoms with Gasteiger partial charge >= 0.3 is 0 Å². The minimum atomic E-state index is -0.690. The molecule has 0 saturated heterocycles. The van der Waals surface area contributed by atoms with Crippen LogP contribution in [0, 0.1) is 0 Å². The number of nitrogens with two attached hydrogens (primary N) is 1. The highest BCUT2D eigenvalue weighted by Gasteiger charge is 2.11. The lowest BCUT2D eigenvalue weighted by Gasteiger charge is -2.13. The van der Waals surface area contributed by atoms with Crippen LogP contribution in [0.15, 0.2) is 48.5 Å². The van der Waals surface area contributed by atoms with Gasteiger partial charge < -0.3 is 15.4 Å².